The molecule has 2 heteroatoms. The maximum Gasteiger partial charge on any atom is 0.115 e. The molecule has 86 valence electrons. The van der Waals surface area contributed by atoms with Gasteiger partial charge in [-0.1, -0.05) is 19.9 Å². The minimum Gasteiger partial charge on any atom is -0.508 e. The largest absolute Gasteiger partial charge is 0.508 e. The summed E-state index contributed by atoms with van der Waals surface area (Å²) in [5.74, 6) is 1.06. The van der Waals surface area contributed by atoms with Gasteiger partial charge in [-0.05, 0) is 54.0 Å². The first-order valence-corrected chi connectivity index (χ1v) is 6.17. The van der Waals surface area contributed by atoms with Gasteiger partial charge in [0.05, 0.1) is 0 Å². The molecule has 0 aromatic heterocycles. The zero-order valence-corrected chi connectivity index (χ0v) is 9.96. The van der Waals surface area contributed by atoms with Crippen molar-refractivity contribution in [3.8, 4) is 5.75 Å². The van der Waals surface area contributed by atoms with Crippen LogP contribution in [0.1, 0.15) is 31.4 Å². The highest BCUT2D eigenvalue weighted by Gasteiger charge is 2.45. The Morgan fingerprint density at radius 1 is 1.44 bits per heavy atom. The molecule has 1 saturated heterocycles. The number of nitrogens with one attached hydrogen (secondary N) is 1. The fraction of sp³-hybridized carbons (Fsp3) is 0.571. The van der Waals surface area contributed by atoms with Crippen LogP contribution in [0.4, 0.5) is 0 Å². The van der Waals surface area contributed by atoms with Crippen molar-refractivity contribution in [1.29, 1.82) is 0 Å². The second kappa shape index (κ2) is 3.24. The number of hydrogen-bond donors (Lipinski definition) is 2. The molecule has 1 aliphatic heterocycles. The molecule has 1 aromatic carbocycles. The third kappa shape index (κ3) is 1.23. The van der Waals surface area contributed by atoms with Gasteiger partial charge in [0.25, 0.3) is 0 Å². The van der Waals surface area contributed by atoms with Crippen LogP contribution >= 0.6 is 0 Å². The molecule has 2 bridgehead atoms. The van der Waals surface area contributed by atoms with Crippen LogP contribution in [0.15, 0.2) is 18.2 Å². The SMILES string of the molecule is C[C@@H]1[C@H]2Cc3ccc(O)cc3[C@]1(C)CCN2. The fourth-order valence-corrected chi connectivity index (χ4v) is 3.51. The van der Waals surface area contributed by atoms with Gasteiger partial charge in [0, 0.05) is 6.04 Å². The summed E-state index contributed by atoms with van der Waals surface area (Å²) in [7, 11) is 0. The van der Waals surface area contributed by atoms with Crippen LogP contribution in [0.5, 0.6) is 5.75 Å². The Bertz CT molecular complexity index is 429. The lowest BCUT2D eigenvalue weighted by Gasteiger charge is -2.50. The van der Waals surface area contributed by atoms with Crippen molar-refractivity contribution in [3.63, 3.8) is 0 Å². The molecule has 0 unspecified atom stereocenters. The van der Waals surface area contributed by atoms with Gasteiger partial charge in [0.2, 0.25) is 0 Å². The first-order valence-electron chi connectivity index (χ1n) is 6.17. The second-order valence-corrected chi connectivity index (χ2v) is 5.56. The summed E-state index contributed by atoms with van der Waals surface area (Å²) in [5.41, 5.74) is 3.02. The first kappa shape index (κ1) is 10.2. The highest BCUT2D eigenvalue weighted by Crippen LogP contribution is 2.46. The molecule has 2 nitrogen and oxygen atoms in total. The highest BCUT2D eigenvalue weighted by atomic mass is 16.3. The van der Waals surface area contributed by atoms with E-state index in [1.54, 1.807) is 0 Å². The van der Waals surface area contributed by atoms with Gasteiger partial charge < -0.3 is 10.4 Å². The third-order valence-corrected chi connectivity index (χ3v) is 4.81. The number of aromatic hydroxyl groups is 1. The summed E-state index contributed by atoms with van der Waals surface area (Å²) >= 11 is 0. The normalized spacial score (nSPS) is 36.9. The predicted molar refractivity (Wildman–Crippen MR) is 64.7 cm³/mol. The van der Waals surface area contributed by atoms with E-state index >= 15 is 0 Å². The van der Waals surface area contributed by atoms with Crippen LogP contribution in [0.3, 0.4) is 0 Å². The molecule has 2 N–H and O–H groups in total. The van der Waals surface area contributed by atoms with Crippen molar-refractivity contribution < 1.29 is 5.11 Å². The monoisotopic (exact) mass is 217 g/mol. The topological polar surface area (TPSA) is 32.3 Å². The Morgan fingerprint density at radius 3 is 3.06 bits per heavy atom. The minimum absolute atomic E-state index is 0.238. The molecular weight excluding hydrogens is 198 g/mol. The number of phenols is 1. The van der Waals surface area contributed by atoms with Gasteiger partial charge in [-0.2, -0.15) is 0 Å². The third-order valence-electron chi connectivity index (χ3n) is 4.81. The van der Waals surface area contributed by atoms with E-state index in [9.17, 15) is 5.11 Å². The predicted octanol–water partition coefficient (Wildman–Crippen LogP) is 2.20. The summed E-state index contributed by atoms with van der Waals surface area (Å²) in [6, 6.07) is 6.49. The molecule has 2 aliphatic rings. The Balaban J connectivity index is 2.18. The lowest BCUT2D eigenvalue weighted by molar-refractivity contribution is 0.158. The van der Waals surface area contributed by atoms with E-state index in [-0.39, 0.29) is 5.41 Å². The van der Waals surface area contributed by atoms with Crippen LogP contribution in [-0.2, 0) is 11.8 Å². The zero-order valence-electron chi connectivity index (χ0n) is 9.96. The first-order chi connectivity index (χ1) is 7.61. The van der Waals surface area contributed by atoms with Crippen LogP contribution in [0, 0.1) is 5.92 Å². The summed E-state index contributed by atoms with van der Waals surface area (Å²) in [6.07, 6.45) is 2.27. The Hall–Kier alpha value is -1.02. The van der Waals surface area contributed by atoms with Crippen molar-refractivity contribution >= 4 is 0 Å². The molecule has 1 fully saturated rings. The Labute approximate surface area is 96.7 Å². The van der Waals surface area contributed by atoms with E-state index in [0.717, 1.165) is 13.0 Å². The molecule has 0 spiro atoms. The summed E-state index contributed by atoms with van der Waals surface area (Å²) in [6.45, 7) is 5.79. The summed E-state index contributed by atoms with van der Waals surface area (Å²) < 4.78 is 0. The van der Waals surface area contributed by atoms with Crippen molar-refractivity contribution in [2.24, 2.45) is 5.92 Å². The number of phenolic OH excluding ortho intramolecular Hbond substituents is 1. The number of fused-ring (bicyclic) bond motifs is 4. The Morgan fingerprint density at radius 2 is 2.25 bits per heavy atom. The fourth-order valence-electron chi connectivity index (χ4n) is 3.51. The van der Waals surface area contributed by atoms with Gasteiger partial charge in [-0.15, -0.1) is 0 Å². The molecule has 3 atom stereocenters. The maximum absolute atomic E-state index is 9.67. The van der Waals surface area contributed by atoms with E-state index < -0.39 is 0 Å². The lowest BCUT2D eigenvalue weighted by atomic mass is 9.59. The van der Waals surface area contributed by atoms with E-state index in [2.05, 4.69) is 25.2 Å². The van der Waals surface area contributed by atoms with Gasteiger partial charge in [0.15, 0.2) is 0 Å². The molecule has 16 heavy (non-hydrogen) atoms. The molecule has 1 aromatic rings. The van der Waals surface area contributed by atoms with E-state index in [4.69, 9.17) is 0 Å². The molecule has 0 radical (unpaired) electrons. The van der Waals surface area contributed by atoms with Crippen molar-refractivity contribution in [2.45, 2.75) is 38.1 Å². The standard InChI is InChI=1S/C14H19NO/c1-9-13-7-10-3-4-11(16)8-12(10)14(9,2)5-6-15-13/h3-4,8-9,13,15-16H,5-7H2,1-2H3/t9-,13-,14-/m1/s1. The van der Waals surface area contributed by atoms with Gasteiger partial charge in [-0.25, -0.2) is 0 Å². The average Bonchev–Trinajstić information content (AvgIpc) is 2.25. The second-order valence-electron chi connectivity index (χ2n) is 5.56. The van der Waals surface area contributed by atoms with Crippen LogP contribution in [-0.4, -0.2) is 17.7 Å². The van der Waals surface area contributed by atoms with E-state index in [1.165, 1.54) is 17.5 Å². The smallest absolute Gasteiger partial charge is 0.115 e. The quantitative estimate of drug-likeness (QED) is 0.698. The van der Waals surface area contributed by atoms with E-state index in [0.29, 0.717) is 17.7 Å². The number of hydrogen-bond acceptors (Lipinski definition) is 2. The number of benzene rings is 1. The summed E-state index contributed by atoms with van der Waals surface area (Å²) in [5, 5.41) is 13.3. The molecule has 1 heterocycles. The van der Waals surface area contributed by atoms with Crippen LogP contribution in [0.2, 0.25) is 0 Å². The van der Waals surface area contributed by atoms with Gasteiger partial charge >= 0.3 is 0 Å². The summed E-state index contributed by atoms with van der Waals surface area (Å²) in [4.78, 5) is 0. The average molecular weight is 217 g/mol. The molecular formula is C14H19NO. The van der Waals surface area contributed by atoms with Crippen molar-refractivity contribution in [1.82, 2.24) is 5.32 Å². The molecule has 0 saturated carbocycles. The van der Waals surface area contributed by atoms with Crippen molar-refractivity contribution in [2.75, 3.05) is 6.54 Å². The lowest BCUT2D eigenvalue weighted by Crippen LogP contribution is -2.56. The maximum atomic E-state index is 9.67. The van der Waals surface area contributed by atoms with Gasteiger partial charge in [-0.3, -0.25) is 0 Å². The molecule has 3 rings (SSSR count). The van der Waals surface area contributed by atoms with Crippen LogP contribution < -0.4 is 5.32 Å². The Kier molecular flexibility index (Phi) is 2.05. The van der Waals surface area contributed by atoms with E-state index in [1.807, 2.05) is 12.1 Å². The number of rotatable bonds is 0. The highest BCUT2D eigenvalue weighted by molar-refractivity contribution is 5.44. The minimum atomic E-state index is 0.238. The molecule has 0 amide bonds. The molecule has 1 aliphatic carbocycles. The number of piperidine rings is 1. The van der Waals surface area contributed by atoms with Crippen LogP contribution in [0.25, 0.3) is 0 Å². The zero-order chi connectivity index (χ0) is 11.3. The van der Waals surface area contributed by atoms with Gasteiger partial charge in [0.1, 0.15) is 5.75 Å². The van der Waals surface area contributed by atoms with Crippen molar-refractivity contribution in [3.05, 3.63) is 29.3 Å².